The van der Waals surface area contributed by atoms with Gasteiger partial charge in [0.2, 0.25) is 34.1 Å². The fraction of sp³-hybridized carbons (Fsp3) is 0.769. The van der Waals surface area contributed by atoms with Crippen molar-refractivity contribution in [3.8, 4) is 0 Å². The first-order valence-electron chi connectivity index (χ1n) is 14.8. The van der Waals surface area contributed by atoms with Gasteiger partial charge in [0, 0.05) is 50.8 Å². The molecule has 2 aromatic heterocycles. The average Bonchev–Trinajstić information content (AvgIpc) is 2.99. The van der Waals surface area contributed by atoms with E-state index < -0.39 is 0 Å². The highest BCUT2D eigenvalue weighted by molar-refractivity contribution is 8.77. The van der Waals surface area contributed by atoms with Crippen molar-refractivity contribution in [2.45, 2.75) is 88.4 Å². The summed E-state index contributed by atoms with van der Waals surface area (Å²) < 4.78 is 0. The van der Waals surface area contributed by atoms with Crippen LogP contribution in [0.4, 0.5) is 23.8 Å². The van der Waals surface area contributed by atoms with Gasteiger partial charge in [-0.3, -0.25) is 0 Å². The fourth-order valence-corrected chi connectivity index (χ4v) is 8.37. The number of anilines is 4. The second-order valence-corrected chi connectivity index (χ2v) is 14.6. The standard InChI is InChI=1S/C26H44N10S4/c1-3-27-21-29-23(35-15-9-7-10-16-35)33-25(31-21)39-37-19-13-5-6-14-20-38-40-26-32-22(28-4-2)30-24(34-26)36-17-11-8-12-18-36/h3-20H2,1-2H3,(H,27,29,31,33)(H,28,30,32,34). The predicted molar refractivity (Wildman–Crippen MR) is 175 cm³/mol. The smallest absolute Gasteiger partial charge is 0.231 e. The molecule has 0 unspecified atom stereocenters. The van der Waals surface area contributed by atoms with Crippen molar-refractivity contribution in [2.75, 3.05) is 71.2 Å². The maximum absolute atomic E-state index is 4.76. The third-order valence-corrected chi connectivity index (χ3v) is 11.0. The molecule has 4 heterocycles. The summed E-state index contributed by atoms with van der Waals surface area (Å²) in [6, 6.07) is 0. The van der Waals surface area contributed by atoms with E-state index in [0.717, 1.165) is 73.0 Å². The predicted octanol–water partition coefficient (Wildman–Crippen LogP) is 6.64. The second-order valence-electron chi connectivity index (χ2n) is 9.86. The molecule has 40 heavy (non-hydrogen) atoms. The summed E-state index contributed by atoms with van der Waals surface area (Å²) in [7, 11) is 7.05. The largest absolute Gasteiger partial charge is 0.354 e. The van der Waals surface area contributed by atoms with E-state index in [2.05, 4.69) is 54.2 Å². The van der Waals surface area contributed by atoms with Gasteiger partial charge in [-0.05, 0) is 86.8 Å². The zero-order valence-corrected chi connectivity index (χ0v) is 27.2. The molecule has 0 amide bonds. The van der Waals surface area contributed by atoms with Gasteiger partial charge < -0.3 is 20.4 Å². The number of nitrogens with one attached hydrogen (secondary N) is 2. The third-order valence-electron chi connectivity index (χ3n) is 6.63. The van der Waals surface area contributed by atoms with Crippen LogP contribution in [0.1, 0.15) is 78.1 Å². The minimum absolute atomic E-state index is 0.689. The summed E-state index contributed by atoms with van der Waals surface area (Å²) in [6.45, 7) is 9.91. The molecule has 14 heteroatoms. The van der Waals surface area contributed by atoms with E-state index in [1.54, 1.807) is 21.6 Å². The minimum atomic E-state index is 0.689. The van der Waals surface area contributed by atoms with Crippen LogP contribution in [0.5, 0.6) is 0 Å². The van der Waals surface area contributed by atoms with E-state index in [0.29, 0.717) is 11.9 Å². The number of aromatic nitrogens is 6. The highest BCUT2D eigenvalue weighted by Crippen LogP contribution is 2.33. The summed E-state index contributed by atoms with van der Waals surface area (Å²) in [4.78, 5) is 32.6. The number of rotatable bonds is 17. The Hall–Kier alpha value is -1.38. The van der Waals surface area contributed by atoms with Crippen LogP contribution >= 0.6 is 43.2 Å². The van der Waals surface area contributed by atoms with E-state index in [1.807, 2.05) is 21.6 Å². The molecule has 0 atom stereocenters. The summed E-state index contributed by atoms with van der Waals surface area (Å²) in [6.07, 6.45) is 12.4. The summed E-state index contributed by atoms with van der Waals surface area (Å²) in [5.41, 5.74) is 0. The van der Waals surface area contributed by atoms with Crippen LogP contribution in [0.2, 0.25) is 0 Å². The van der Waals surface area contributed by atoms with Crippen molar-refractivity contribution in [1.82, 2.24) is 29.9 Å². The maximum Gasteiger partial charge on any atom is 0.231 e. The van der Waals surface area contributed by atoms with Crippen LogP contribution in [0.3, 0.4) is 0 Å². The van der Waals surface area contributed by atoms with Gasteiger partial charge in [0.05, 0.1) is 0 Å². The fourth-order valence-electron chi connectivity index (χ4n) is 4.58. The molecule has 2 aliphatic rings. The van der Waals surface area contributed by atoms with Gasteiger partial charge in [-0.15, -0.1) is 0 Å². The summed E-state index contributed by atoms with van der Waals surface area (Å²) >= 11 is 0. The van der Waals surface area contributed by atoms with E-state index in [9.17, 15) is 0 Å². The molecule has 2 N–H and O–H groups in total. The Bertz CT molecular complexity index is 926. The first kappa shape index (κ1) is 31.6. The zero-order chi connectivity index (χ0) is 27.8. The van der Waals surface area contributed by atoms with Crippen molar-refractivity contribution in [1.29, 1.82) is 0 Å². The molecule has 0 aromatic carbocycles. The van der Waals surface area contributed by atoms with Crippen LogP contribution < -0.4 is 20.4 Å². The van der Waals surface area contributed by atoms with Crippen LogP contribution in [-0.4, -0.2) is 80.7 Å². The SMILES string of the molecule is CCNc1nc(SSCCCCCCSSc2nc(NCC)nc(N3CCCCC3)n2)nc(N2CCCCC2)n1. The molecule has 2 saturated heterocycles. The molecule has 0 radical (unpaired) electrons. The normalized spacial score (nSPS) is 15.8. The lowest BCUT2D eigenvalue weighted by atomic mass is 10.1. The van der Waals surface area contributed by atoms with E-state index in [4.69, 9.17) is 9.97 Å². The molecular weight excluding hydrogens is 581 g/mol. The van der Waals surface area contributed by atoms with E-state index >= 15 is 0 Å². The Morgan fingerprint density at radius 2 is 0.975 bits per heavy atom. The van der Waals surface area contributed by atoms with Crippen LogP contribution in [-0.2, 0) is 0 Å². The van der Waals surface area contributed by atoms with Gasteiger partial charge in [-0.1, -0.05) is 34.4 Å². The molecule has 4 rings (SSSR count). The van der Waals surface area contributed by atoms with E-state index in [1.165, 1.54) is 64.2 Å². The quantitative estimate of drug-likeness (QED) is 0.145. The van der Waals surface area contributed by atoms with Crippen LogP contribution in [0, 0.1) is 0 Å². The number of hydrogen-bond donors (Lipinski definition) is 2. The Kier molecular flexibility index (Phi) is 14.4. The molecule has 2 fully saturated rings. The molecular formula is C26H44N10S4. The lowest BCUT2D eigenvalue weighted by molar-refractivity contribution is 0.565. The summed E-state index contributed by atoms with van der Waals surface area (Å²) in [5.74, 6) is 5.23. The molecule has 2 aliphatic heterocycles. The number of nitrogens with zero attached hydrogens (tertiary/aromatic N) is 8. The van der Waals surface area contributed by atoms with Crippen molar-refractivity contribution in [3.05, 3.63) is 0 Å². The minimum Gasteiger partial charge on any atom is -0.354 e. The lowest BCUT2D eigenvalue weighted by Crippen LogP contribution is -2.31. The Morgan fingerprint density at radius 3 is 1.38 bits per heavy atom. The molecule has 222 valence electrons. The molecule has 10 nitrogen and oxygen atoms in total. The van der Waals surface area contributed by atoms with Crippen molar-refractivity contribution < 1.29 is 0 Å². The Morgan fingerprint density at radius 1 is 0.550 bits per heavy atom. The van der Waals surface area contributed by atoms with Crippen LogP contribution in [0.15, 0.2) is 10.3 Å². The highest BCUT2D eigenvalue weighted by Gasteiger charge is 2.18. The molecule has 0 aliphatic carbocycles. The third kappa shape index (κ3) is 10.8. The van der Waals surface area contributed by atoms with Crippen molar-refractivity contribution in [3.63, 3.8) is 0 Å². The Labute approximate surface area is 255 Å². The first-order chi connectivity index (χ1) is 19.7. The van der Waals surface area contributed by atoms with Crippen molar-refractivity contribution >= 4 is 67.0 Å². The van der Waals surface area contributed by atoms with Gasteiger partial charge in [-0.2, -0.15) is 29.9 Å². The monoisotopic (exact) mass is 624 g/mol. The van der Waals surface area contributed by atoms with E-state index in [-0.39, 0.29) is 0 Å². The summed E-state index contributed by atoms with van der Waals surface area (Å²) in [5, 5.41) is 8.15. The molecule has 0 bridgehead atoms. The molecule has 0 spiro atoms. The molecule has 0 saturated carbocycles. The van der Waals surface area contributed by atoms with Gasteiger partial charge in [0.15, 0.2) is 0 Å². The number of hydrogen-bond acceptors (Lipinski definition) is 14. The maximum atomic E-state index is 4.76. The van der Waals surface area contributed by atoms with Crippen molar-refractivity contribution in [2.24, 2.45) is 0 Å². The first-order valence-corrected chi connectivity index (χ1v) is 19.5. The molecule has 2 aromatic rings. The highest BCUT2D eigenvalue weighted by atomic mass is 33.1. The van der Waals surface area contributed by atoms with Gasteiger partial charge in [-0.25, -0.2) is 0 Å². The zero-order valence-electron chi connectivity index (χ0n) is 23.9. The second kappa shape index (κ2) is 18.2. The average molecular weight is 625 g/mol. The van der Waals surface area contributed by atoms with Gasteiger partial charge in [0.25, 0.3) is 0 Å². The Balaban J connectivity index is 1.11. The van der Waals surface area contributed by atoms with Crippen LogP contribution in [0.25, 0.3) is 0 Å². The number of piperidine rings is 2. The topological polar surface area (TPSA) is 108 Å². The van der Waals surface area contributed by atoms with Gasteiger partial charge >= 0.3 is 0 Å². The van der Waals surface area contributed by atoms with Gasteiger partial charge in [0.1, 0.15) is 0 Å². The lowest BCUT2D eigenvalue weighted by Gasteiger charge is -2.26. The number of unbranched alkanes of at least 4 members (excludes halogenated alkanes) is 3.